The molecule has 0 spiro atoms. The zero-order valence-electron chi connectivity index (χ0n) is 8.46. The molecule has 1 aliphatic heterocycles. The number of benzene rings is 1. The Hall–Kier alpha value is -1.57. The molecule has 0 fully saturated rings. The highest BCUT2D eigenvalue weighted by molar-refractivity contribution is 6.34. The maximum absolute atomic E-state index is 11.7. The third-order valence-corrected chi connectivity index (χ3v) is 2.77. The van der Waals surface area contributed by atoms with Gasteiger partial charge in [-0.3, -0.25) is 4.79 Å². The van der Waals surface area contributed by atoms with Crippen LogP contribution < -0.4 is 10.6 Å². The monoisotopic (exact) mass is 235 g/mol. The molecular weight excluding hydrogens is 226 g/mol. The third-order valence-electron chi connectivity index (χ3n) is 2.45. The first kappa shape index (κ1) is 10.9. The van der Waals surface area contributed by atoms with E-state index < -0.39 is 6.04 Å². The lowest BCUT2D eigenvalue weighted by atomic mass is 10.1. The van der Waals surface area contributed by atoms with E-state index in [0.29, 0.717) is 23.7 Å². The molecule has 1 atom stereocenters. The first-order valence-electron chi connectivity index (χ1n) is 4.93. The Morgan fingerprint density at radius 3 is 3.12 bits per heavy atom. The summed E-state index contributed by atoms with van der Waals surface area (Å²) < 4.78 is 0. The van der Waals surface area contributed by atoms with Crippen LogP contribution in [0.3, 0.4) is 0 Å². The lowest BCUT2D eigenvalue weighted by Gasteiger charge is -2.09. The molecule has 2 rings (SSSR count). The predicted octanol–water partition coefficient (Wildman–Crippen LogP) is 1.84. The molecule has 0 bridgehead atoms. The van der Waals surface area contributed by atoms with Gasteiger partial charge in [-0.05, 0) is 6.07 Å². The number of carbonyl (C=O) groups excluding carboxylic acids is 1. The Kier molecular flexibility index (Phi) is 3.09. The van der Waals surface area contributed by atoms with E-state index in [1.807, 2.05) is 12.1 Å². The van der Waals surface area contributed by atoms with E-state index in [0.717, 1.165) is 5.56 Å². The smallest absolute Gasteiger partial charge is 0.246 e. The number of fused-ring (bicyclic) bond motifs is 1. The molecule has 1 heterocycles. The van der Waals surface area contributed by atoms with Crippen LogP contribution in [0.4, 0.5) is 5.69 Å². The lowest BCUT2D eigenvalue weighted by Crippen LogP contribution is -2.28. The number of halogens is 1. The number of nitrogens with one attached hydrogen (secondary N) is 2. The largest absolute Gasteiger partial charge is 0.323 e. The minimum atomic E-state index is -0.401. The maximum Gasteiger partial charge on any atom is 0.246 e. The third kappa shape index (κ3) is 1.87. The molecule has 82 valence electrons. The molecule has 1 aliphatic rings. The highest BCUT2D eigenvalue weighted by atomic mass is 35.5. The minimum Gasteiger partial charge on any atom is -0.323 e. The van der Waals surface area contributed by atoms with Crippen molar-refractivity contribution in [2.45, 2.75) is 12.5 Å². The van der Waals surface area contributed by atoms with Crippen molar-refractivity contribution in [2.24, 2.45) is 0 Å². The van der Waals surface area contributed by atoms with Gasteiger partial charge in [0.2, 0.25) is 5.91 Å². The molecule has 0 radical (unpaired) electrons. The Balaban J connectivity index is 2.20. The highest BCUT2D eigenvalue weighted by Gasteiger charge is 2.30. The summed E-state index contributed by atoms with van der Waals surface area (Å²) in [5.41, 5.74) is 1.51. The lowest BCUT2D eigenvalue weighted by molar-refractivity contribution is -0.117. The molecule has 0 saturated carbocycles. The molecule has 0 aliphatic carbocycles. The number of carbonyl (C=O) groups is 1. The van der Waals surface area contributed by atoms with Gasteiger partial charge in [-0.1, -0.05) is 23.7 Å². The van der Waals surface area contributed by atoms with Gasteiger partial charge < -0.3 is 10.6 Å². The van der Waals surface area contributed by atoms with E-state index in [9.17, 15) is 4.79 Å². The summed E-state index contributed by atoms with van der Waals surface area (Å²) in [5.74, 6) is -0.124. The van der Waals surface area contributed by atoms with Crippen LogP contribution >= 0.6 is 11.6 Å². The average Bonchev–Trinajstić information content (AvgIpc) is 2.58. The SMILES string of the molecule is N#CCCNC1C(=O)Nc2c(Cl)cccc21. The summed E-state index contributed by atoms with van der Waals surface area (Å²) in [6.45, 7) is 0.487. The van der Waals surface area contributed by atoms with Gasteiger partial charge in [0.1, 0.15) is 6.04 Å². The van der Waals surface area contributed by atoms with Crippen molar-refractivity contribution in [1.82, 2.24) is 5.32 Å². The number of para-hydroxylation sites is 1. The summed E-state index contributed by atoms with van der Waals surface area (Å²) in [6, 6.07) is 7.01. The van der Waals surface area contributed by atoms with Crippen LogP contribution in [0.25, 0.3) is 0 Å². The van der Waals surface area contributed by atoms with Crippen molar-refractivity contribution in [1.29, 1.82) is 5.26 Å². The van der Waals surface area contributed by atoms with Crippen molar-refractivity contribution in [3.8, 4) is 6.07 Å². The summed E-state index contributed by atoms with van der Waals surface area (Å²) in [4.78, 5) is 11.7. The fourth-order valence-corrected chi connectivity index (χ4v) is 1.95. The Morgan fingerprint density at radius 2 is 2.38 bits per heavy atom. The molecule has 0 aromatic heterocycles. The van der Waals surface area contributed by atoms with Crippen LogP contribution in [-0.4, -0.2) is 12.5 Å². The molecule has 1 amide bonds. The number of amides is 1. The first-order valence-corrected chi connectivity index (χ1v) is 5.31. The van der Waals surface area contributed by atoms with E-state index in [2.05, 4.69) is 10.6 Å². The van der Waals surface area contributed by atoms with Gasteiger partial charge in [-0.2, -0.15) is 5.26 Å². The van der Waals surface area contributed by atoms with Crippen LogP contribution in [0.2, 0.25) is 5.02 Å². The van der Waals surface area contributed by atoms with Crippen molar-refractivity contribution in [3.63, 3.8) is 0 Å². The second kappa shape index (κ2) is 4.52. The van der Waals surface area contributed by atoms with Gasteiger partial charge in [-0.25, -0.2) is 0 Å². The number of nitrogens with zero attached hydrogens (tertiary/aromatic N) is 1. The molecule has 1 unspecified atom stereocenters. The molecule has 4 nitrogen and oxygen atoms in total. The summed E-state index contributed by atoms with van der Waals surface area (Å²) in [6.07, 6.45) is 0.375. The number of nitriles is 1. The van der Waals surface area contributed by atoms with Gasteiger partial charge in [0.25, 0.3) is 0 Å². The Morgan fingerprint density at radius 1 is 1.56 bits per heavy atom. The molecule has 2 N–H and O–H groups in total. The second-order valence-corrected chi connectivity index (χ2v) is 3.90. The van der Waals surface area contributed by atoms with Crippen LogP contribution in [0.15, 0.2) is 18.2 Å². The van der Waals surface area contributed by atoms with Crippen molar-refractivity contribution in [3.05, 3.63) is 28.8 Å². The number of hydrogen-bond acceptors (Lipinski definition) is 3. The summed E-state index contributed by atoms with van der Waals surface area (Å²) in [5, 5.41) is 14.7. The fraction of sp³-hybridized carbons (Fsp3) is 0.273. The average molecular weight is 236 g/mol. The summed E-state index contributed by atoms with van der Waals surface area (Å²) >= 11 is 5.97. The normalized spacial score (nSPS) is 17.8. The van der Waals surface area contributed by atoms with Gasteiger partial charge in [0.15, 0.2) is 0 Å². The minimum absolute atomic E-state index is 0.124. The molecule has 5 heteroatoms. The molecule has 1 aromatic carbocycles. The number of hydrogen-bond donors (Lipinski definition) is 2. The van der Waals surface area contributed by atoms with E-state index in [1.165, 1.54) is 0 Å². The Bertz CT molecular complexity index is 467. The summed E-state index contributed by atoms with van der Waals surface area (Å²) in [7, 11) is 0. The van der Waals surface area contributed by atoms with Gasteiger partial charge in [0.05, 0.1) is 16.8 Å². The van der Waals surface area contributed by atoms with Crippen LogP contribution in [0, 0.1) is 11.3 Å². The molecular formula is C11H10ClN3O. The predicted molar refractivity (Wildman–Crippen MR) is 61.1 cm³/mol. The maximum atomic E-state index is 11.7. The second-order valence-electron chi connectivity index (χ2n) is 3.49. The molecule has 16 heavy (non-hydrogen) atoms. The van der Waals surface area contributed by atoms with E-state index in [1.54, 1.807) is 12.1 Å². The van der Waals surface area contributed by atoms with E-state index >= 15 is 0 Å². The number of rotatable bonds is 3. The number of anilines is 1. The first-order chi connectivity index (χ1) is 7.74. The van der Waals surface area contributed by atoms with Crippen molar-refractivity contribution >= 4 is 23.2 Å². The topological polar surface area (TPSA) is 64.9 Å². The Labute approximate surface area is 98.2 Å². The van der Waals surface area contributed by atoms with E-state index in [4.69, 9.17) is 16.9 Å². The standard InChI is InChI=1S/C11H10ClN3O/c12-8-4-1-3-7-9(8)15-11(16)10(7)14-6-2-5-13/h1,3-4,10,14H,2,6H2,(H,15,16). The van der Waals surface area contributed by atoms with Crippen LogP contribution in [-0.2, 0) is 4.79 Å². The zero-order chi connectivity index (χ0) is 11.5. The van der Waals surface area contributed by atoms with Gasteiger partial charge >= 0.3 is 0 Å². The molecule has 1 aromatic rings. The van der Waals surface area contributed by atoms with Crippen LogP contribution in [0.5, 0.6) is 0 Å². The zero-order valence-corrected chi connectivity index (χ0v) is 9.21. The van der Waals surface area contributed by atoms with Gasteiger partial charge in [0, 0.05) is 18.5 Å². The highest BCUT2D eigenvalue weighted by Crippen LogP contribution is 2.36. The fourth-order valence-electron chi connectivity index (χ4n) is 1.72. The van der Waals surface area contributed by atoms with E-state index in [-0.39, 0.29) is 5.91 Å². The van der Waals surface area contributed by atoms with Crippen molar-refractivity contribution < 1.29 is 4.79 Å². The molecule has 0 saturated heterocycles. The van der Waals surface area contributed by atoms with Crippen LogP contribution in [0.1, 0.15) is 18.0 Å². The van der Waals surface area contributed by atoms with Gasteiger partial charge in [-0.15, -0.1) is 0 Å². The quantitative estimate of drug-likeness (QED) is 0.786. The van der Waals surface area contributed by atoms with Crippen molar-refractivity contribution in [2.75, 3.05) is 11.9 Å².